The van der Waals surface area contributed by atoms with E-state index in [4.69, 9.17) is 4.74 Å². The topological polar surface area (TPSA) is 60.5 Å². The third-order valence-electron chi connectivity index (χ3n) is 2.58. The third-order valence-corrected chi connectivity index (χ3v) is 3.46. The van der Waals surface area contributed by atoms with Crippen molar-refractivity contribution in [3.63, 3.8) is 0 Å². The van der Waals surface area contributed by atoms with Crippen LogP contribution in [-0.2, 0) is 4.74 Å². The van der Waals surface area contributed by atoms with Gasteiger partial charge in [0.2, 0.25) is 0 Å². The summed E-state index contributed by atoms with van der Waals surface area (Å²) in [6, 6.07) is 4.37. The van der Waals surface area contributed by atoms with E-state index in [0.29, 0.717) is 10.8 Å². The highest BCUT2D eigenvalue weighted by molar-refractivity contribution is 7.15. The number of thiazole rings is 1. The van der Waals surface area contributed by atoms with Crippen LogP contribution in [-0.4, -0.2) is 25.2 Å². The molecule has 0 radical (unpaired) electrons. The third kappa shape index (κ3) is 2.88. The van der Waals surface area contributed by atoms with Gasteiger partial charge >= 0.3 is 5.97 Å². The standard InChI is InChI=1S/C13H13FN2O3S/c1-7-11(12(17)19-3)16-13(20-7)15-8-4-5-9(14)10(6-8)18-2/h4-6H,1-3H3,(H,15,16). The average Bonchev–Trinajstić information content (AvgIpc) is 2.80. The minimum Gasteiger partial charge on any atom is -0.494 e. The van der Waals surface area contributed by atoms with Crippen molar-refractivity contribution in [3.05, 3.63) is 34.6 Å². The summed E-state index contributed by atoms with van der Waals surface area (Å²) >= 11 is 1.31. The number of carbonyl (C=O) groups excluding carboxylic acids is 1. The second-order valence-electron chi connectivity index (χ2n) is 3.89. The van der Waals surface area contributed by atoms with E-state index >= 15 is 0 Å². The Kier molecular flexibility index (Phi) is 4.19. The fraction of sp³-hybridized carbons (Fsp3) is 0.231. The lowest BCUT2D eigenvalue weighted by Gasteiger charge is -2.06. The molecule has 5 nitrogen and oxygen atoms in total. The normalized spacial score (nSPS) is 10.2. The van der Waals surface area contributed by atoms with Gasteiger partial charge in [0.15, 0.2) is 22.4 Å². The van der Waals surface area contributed by atoms with E-state index in [9.17, 15) is 9.18 Å². The summed E-state index contributed by atoms with van der Waals surface area (Å²) in [6.45, 7) is 1.78. The molecule has 0 bridgehead atoms. The van der Waals surface area contributed by atoms with Crippen LogP contribution in [0.3, 0.4) is 0 Å². The SMILES string of the molecule is COC(=O)c1nc(Nc2ccc(F)c(OC)c2)sc1C. The lowest BCUT2D eigenvalue weighted by molar-refractivity contribution is 0.0594. The molecule has 1 N–H and O–H groups in total. The van der Waals surface area contributed by atoms with Crippen LogP contribution in [0.2, 0.25) is 0 Å². The molecule has 0 aliphatic heterocycles. The van der Waals surface area contributed by atoms with Gasteiger partial charge in [-0.15, -0.1) is 11.3 Å². The molecule has 1 aromatic heterocycles. The maximum Gasteiger partial charge on any atom is 0.357 e. The molecule has 20 heavy (non-hydrogen) atoms. The Hall–Kier alpha value is -2.15. The van der Waals surface area contributed by atoms with Crippen molar-refractivity contribution in [2.24, 2.45) is 0 Å². The largest absolute Gasteiger partial charge is 0.494 e. The predicted molar refractivity (Wildman–Crippen MR) is 74.4 cm³/mol. The molecule has 0 atom stereocenters. The molecule has 1 heterocycles. The molecule has 7 heteroatoms. The molecule has 0 fully saturated rings. The molecule has 0 aliphatic rings. The first-order chi connectivity index (χ1) is 9.55. The molecule has 106 valence electrons. The Morgan fingerprint density at radius 1 is 1.40 bits per heavy atom. The first kappa shape index (κ1) is 14.3. The van der Waals surface area contributed by atoms with Crippen LogP contribution in [0, 0.1) is 12.7 Å². The van der Waals surface area contributed by atoms with Gasteiger partial charge in [0, 0.05) is 16.6 Å². The molecule has 2 rings (SSSR count). The van der Waals surface area contributed by atoms with Crippen LogP contribution >= 0.6 is 11.3 Å². The van der Waals surface area contributed by atoms with Crippen LogP contribution in [0.25, 0.3) is 0 Å². The highest BCUT2D eigenvalue weighted by Gasteiger charge is 2.16. The predicted octanol–water partition coefficient (Wildman–Crippen LogP) is 3.13. The molecular formula is C13H13FN2O3S. The molecule has 0 spiro atoms. The average molecular weight is 296 g/mol. The summed E-state index contributed by atoms with van der Waals surface area (Å²) in [4.78, 5) is 16.4. The number of ether oxygens (including phenoxy) is 2. The highest BCUT2D eigenvalue weighted by atomic mass is 32.1. The van der Waals surface area contributed by atoms with Crippen molar-refractivity contribution in [2.45, 2.75) is 6.92 Å². The molecule has 0 amide bonds. The van der Waals surface area contributed by atoms with Gasteiger partial charge in [-0.05, 0) is 19.1 Å². The van der Waals surface area contributed by atoms with Crippen LogP contribution in [0.5, 0.6) is 5.75 Å². The van der Waals surface area contributed by atoms with Gasteiger partial charge in [-0.3, -0.25) is 0 Å². The zero-order chi connectivity index (χ0) is 14.7. The van der Waals surface area contributed by atoms with Crippen molar-refractivity contribution in [1.82, 2.24) is 4.98 Å². The van der Waals surface area contributed by atoms with Gasteiger partial charge in [0.25, 0.3) is 0 Å². The lowest BCUT2D eigenvalue weighted by Crippen LogP contribution is -2.03. The van der Waals surface area contributed by atoms with Crippen molar-refractivity contribution < 1.29 is 18.7 Å². The van der Waals surface area contributed by atoms with E-state index in [1.54, 1.807) is 13.0 Å². The number of aromatic nitrogens is 1. The number of carbonyl (C=O) groups is 1. The van der Waals surface area contributed by atoms with Crippen LogP contribution < -0.4 is 10.1 Å². The Labute approximate surface area is 119 Å². The Bertz CT molecular complexity index is 643. The second-order valence-corrected chi connectivity index (χ2v) is 5.09. The maximum absolute atomic E-state index is 13.3. The Morgan fingerprint density at radius 2 is 2.15 bits per heavy atom. The summed E-state index contributed by atoms with van der Waals surface area (Å²) in [5, 5.41) is 3.52. The minimum atomic E-state index is -0.483. The molecule has 0 unspecified atom stereocenters. The van der Waals surface area contributed by atoms with Crippen molar-refractivity contribution >= 4 is 28.1 Å². The summed E-state index contributed by atoms with van der Waals surface area (Å²) in [7, 11) is 2.70. The van der Waals surface area contributed by atoms with Crippen LogP contribution in [0.15, 0.2) is 18.2 Å². The minimum absolute atomic E-state index is 0.136. The molecule has 1 aromatic carbocycles. The Morgan fingerprint density at radius 3 is 2.80 bits per heavy atom. The molecule has 0 saturated heterocycles. The van der Waals surface area contributed by atoms with Gasteiger partial charge < -0.3 is 14.8 Å². The van der Waals surface area contributed by atoms with Gasteiger partial charge in [0.1, 0.15) is 0 Å². The van der Waals surface area contributed by atoms with E-state index in [0.717, 1.165) is 4.88 Å². The van der Waals surface area contributed by atoms with Crippen LogP contribution in [0.1, 0.15) is 15.4 Å². The number of hydrogen-bond acceptors (Lipinski definition) is 6. The number of methoxy groups -OCH3 is 2. The number of benzene rings is 1. The van der Waals surface area contributed by atoms with Gasteiger partial charge in [0.05, 0.1) is 14.2 Å². The van der Waals surface area contributed by atoms with Gasteiger partial charge in [-0.25, -0.2) is 14.2 Å². The fourth-order valence-corrected chi connectivity index (χ4v) is 2.42. The first-order valence-corrected chi connectivity index (χ1v) is 6.53. The molecule has 0 saturated carbocycles. The highest BCUT2D eigenvalue weighted by Crippen LogP contribution is 2.28. The fourth-order valence-electron chi connectivity index (χ4n) is 1.60. The van der Waals surface area contributed by atoms with E-state index in [-0.39, 0.29) is 11.4 Å². The maximum atomic E-state index is 13.3. The number of hydrogen-bond donors (Lipinski definition) is 1. The Balaban J connectivity index is 2.24. The van der Waals surface area contributed by atoms with Crippen molar-refractivity contribution in [1.29, 1.82) is 0 Å². The summed E-state index contributed by atoms with van der Waals surface area (Å²) in [5.74, 6) is -0.788. The molecule has 0 aliphatic carbocycles. The van der Waals surface area contributed by atoms with E-state index < -0.39 is 11.8 Å². The van der Waals surface area contributed by atoms with Crippen molar-refractivity contribution in [3.8, 4) is 5.75 Å². The quantitative estimate of drug-likeness (QED) is 0.878. The second kappa shape index (κ2) is 5.87. The summed E-state index contributed by atoms with van der Waals surface area (Å²) in [6.07, 6.45) is 0. The van der Waals surface area contributed by atoms with Crippen molar-refractivity contribution in [2.75, 3.05) is 19.5 Å². The number of rotatable bonds is 4. The first-order valence-electron chi connectivity index (χ1n) is 5.71. The van der Waals surface area contributed by atoms with Gasteiger partial charge in [-0.1, -0.05) is 0 Å². The molecular weight excluding hydrogens is 283 g/mol. The van der Waals surface area contributed by atoms with Gasteiger partial charge in [-0.2, -0.15) is 0 Å². The lowest BCUT2D eigenvalue weighted by atomic mass is 10.3. The smallest absolute Gasteiger partial charge is 0.357 e. The zero-order valence-electron chi connectivity index (χ0n) is 11.2. The molecule has 2 aromatic rings. The number of halogens is 1. The van der Waals surface area contributed by atoms with Crippen LogP contribution in [0.4, 0.5) is 15.2 Å². The number of esters is 1. The van der Waals surface area contributed by atoms with E-state index in [1.807, 2.05) is 0 Å². The van der Waals surface area contributed by atoms with E-state index in [1.165, 1.54) is 37.7 Å². The summed E-state index contributed by atoms with van der Waals surface area (Å²) in [5.41, 5.74) is 0.891. The summed E-state index contributed by atoms with van der Waals surface area (Å²) < 4.78 is 22.8. The number of anilines is 2. The monoisotopic (exact) mass is 296 g/mol. The number of aryl methyl sites for hydroxylation is 1. The number of nitrogens with one attached hydrogen (secondary N) is 1. The zero-order valence-corrected chi connectivity index (χ0v) is 12.0. The number of nitrogens with zero attached hydrogens (tertiary/aromatic N) is 1. The van der Waals surface area contributed by atoms with E-state index in [2.05, 4.69) is 15.0 Å².